The predicted octanol–water partition coefficient (Wildman–Crippen LogP) is 4.23. The van der Waals surface area contributed by atoms with Gasteiger partial charge in [-0.1, -0.05) is 39.0 Å². The van der Waals surface area contributed by atoms with Gasteiger partial charge in [-0.25, -0.2) is 4.98 Å². The molecule has 0 saturated heterocycles. The molecular formula is C26H33NO8. The van der Waals surface area contributed by atoms with Gasteiger partial charge in [0.25, 0.3) is 0 Å². The molecule has 0 aliphatic heterocycles. The molecule has 3 atom stereocenters. The number of hydrogen-bond donors (Lipinski definition) is 0. The van der Waals surface area contributed by atoms with Gasteiger partial charge < -0.3 is 23.7 Å². The minimum atomic E-state index is -0.746. The lowest BCUT2D eigenvalue weighted by molar-refractivity contribution is -0.158. The zero-order valence-electron chi connectivity index (χ0n) is 21.0. The fourth-order valence-corrected chi connectivity index (χ4v) is 3.36. The zero-order chi connectivity index (χ0) is 26.0. The fraction of sp³-hybridized carbons (Fsp3) is 0.462. The van der Waals surface area contributed by atoms with Crippen LogP contribution in [0.25, 0.3) is 0 Å². The van der Waals surface area contributed by atoms with Gasteiger partial charge in [-0.3, -0.25) is 14.4 Å². The third-order valence-electron chi connectivity index (χ3n) is 5.15. The van der Waals surface area contributed by atoms with Crippen molar-refractivity contribution in [3.05, 3.63) is 48.3 Å². The highest BCUT2D eigenvalue weighted by Crippen LogP contribution is 2.31. The van der Waals surface area contributed by atoms with Crippen LogP contribution in [0.5, 0.6) is 17.2 Å². The molecule has 0 unspecified atom stereocenters. The van der Waals surface area contributed by atoms with Crippen LogP contribution in [-0.4, -0.2) is 48.8 Å². The number of esters is 2. The number of methoxy groups -OCH3 is 1. The molecule has 0 spiro atoms. The summed E-state index contributed by atoms with van der Waals surface area (Å²) in [4.78, 5) is 40.9. The minimum Gasteiger partial charge on any atom is -0.493 e. The van der Waals surface area contributed by atoms with Crippen molar-refractivity contribution in [2.75, 3.05) is 13.9 Å². The Balaban J connectivity index is 2.06. The number of pyridine rings is 1. The molecule has 1 aromatic carbocycles. The van der Waals surface area contributed by atoms with E-state index in [4.69, 9.17) is 23.7 Å². The van der Waals surface area contributed by atoms with Crippen molar-refractivity contribution in [3.8, 4) is 17.2 Å². The third-order valence-corrected chi connectivity index (χ3v) is 5.15. The van der Waals surface area contributed by atoms with Crippen LogP contribution in [0.1, 0.15) is 51.5 Å². The maximum atomic E-state index is 13.0. The Bertz CT molecular complexity index is 992. The number of rotatable bonds is 13. The Labute approximate surface area is 205 Å². The third kappa shape index (κ3) is 8.27. The maximum absolute atomic E-state index is 13.0. The van der Waals surface area contributed by atoms with Crippen LogP contribution >= 0.6 is 0 Å². The number of ketones is 1. The molecule has 2 rings (SSSR count). The quantitative estimate of drug-likeness (QED) is 0.233. The number of carbonyl (C=O) groups excluding carboxylic acids is 3. The number of ether oxygens (including phenoxy) is 5. The van der Waals surface area contributed by atoms with E-state index >= 15 is 0 Å². The number of Topliss-reactive ketones (excluding diaryl/α,β-unsaturated/α-hetero) is 1. The van der Waals surface area contributed by atoms with Crippen molar-refractivity contribution in [1.82, 2.24) is 4.98 Å². The number of para-hydroxylation sites is 1. The maximum Gasteiger partial charge on any atom is 0.309 e. The van der Waals surface area contributed by atoms with Gasteiger partial charge in [0.15, 0.2) is 23.0 Å². The SMILES string of the molecule is COc1ccnc(C(=O)C[C@@H](C)C(=O)O[C@H](C)[C@H](Oc2ccccc2)C(C)C)c1OCOC(C)=O. The molecule has 1 aromatic heterocycles. The lowest BCUT2D eigenvalue weighted by Gasteiger charge is -2.29. The van der Waals surface area contributed by atoms with E-state index in [2.05, 4.69) is 4.98 Å². The molecule has 9 heteroatoms. The summed E-state index contributed by atoms with van der Waals surface area (Å²) in [6.45, 7) is 8.16. The second kappa shape index (κ2) is 13.3. The van der Waals surface area contributed by atoms with Gasteiger partial charge in [0.05, 0.1) is 13.0 Å². The van der Waals surface area contributed by atoms with Crippen LogP contribution in [0.3, 0.4) is 0 Å². The van der Waals surface area contributed by atoms with Crippen LogP contribution in [0.15, 0.2) is 42.6 Å². The fourth-order valence-electron chi connectivity index (χ4n) is 3.36. The average molecular weight is 488 g/mol. The van der Waals surface area contributed by atoms with Crippen molar-refractivity contribution in [2.45, 2.75) is 53.2 Å². The number of nitrogens with zero attached hydrogens (tertiary/aromatic N) is 1. The Morgan fingerprint density at radius 3 is 2.29 bits per heavy atom. The molecule has 0 fully saturated rings. The first kappa shape index (κ1) is 27.6. The largest absolute Gasteiger partial charge is 0.493 e. The van der Waals surface area contributed by atoms with E-state index in [1.807, 2.05) is 44.2 Å². The van der Waals surface area contributed by atoms with Crippen LogP contribution in [0.2, 0.25) is 0 Å². The molecule has 0 aliphatic rings. The van der Waals surface area contributed by atoms with E-state index < -0.39 is 36.5 Å². The summed E-state index contributed by atoms with van der Waals surface area (Å²) in [5.41, 5.74) is -0.0309. The van der Waals surface area contributed by atoms with Gasteiger partial charge in [-0.15, -0.1) is 0 Å². The van der Waals surface area contributed by atoms with Crippen molar-refractivity contribution in [2.24, 2.45) is 11.8 Å². The molecule has 0 N–H and O–H groups in total. The number of carbonyl (C=O) groups is 3. The minimum absolute atomic E-state index is 0.0309. The van der Waals surface area contributed by atoms with Crippen LogP contribution in [0.4, 0.5) is 0 Å². The van der Waals surface area contributed by atoms with Gasteiger partial charge in [0.1, 0.15) is 18.0 Å². The second-order valence-electron chi connectivity index (χ2n) is 8.40. The summed E-state index contributed by atoms with van der Waals surface area (Å²) in [6, 6.07) is 10.8. The van der Waals surface area contributed by atoms with E-state index in [-0.39, 0.29) is 35.6 Å². The summed E-state index contributed by atoms with van der Waals surface area (Å²) in [5.74, 6) is -1.22. The van der Waals surface area contributed by atoms with E-state index in [0.717, 1.165) is 0 Å². The molecule has 1 heterocycles. The lowest BCUT2D eigenvalue weighted by Crippen LogP contribution is -2.38. The highest BCUT2D eigenvalue weighted by atomic mass is 16.7. The monoisotopic (exact) mass is 487 g/mol. The smallest absolute Gasteiger partial charge is 0.309 e. The van der Waals surface area contributed by atoms with Gasteiger partial charge >= 0.3 is 11.9 Å². The summed E-state index contributed by atoms with van der Waals surface area (Å²) in [6.07, 6.45) is 0.314. The number of aromatic nitrogens is 1. The Hall–Kier alpha value is -3.62. The molecule has 0 aliphatic carbocycles. The summed E-state index contributed by atoms with van der Waals surface area (Å²) >= 11 is 0. The van der Waals surface area contributed by atoms with Gasteiger partial charge in [-0.05, 0) is 25.0 Å². The highest BCUT2D eigenvalue weighted by molar-refractivity contribution is 5.99. The van der Waals surface area contributed by atoms with Crippen molar-refractivity contribution in [1.29, 1.82) is 0 Å². The molecule has 2 aromatic rings. The van der Waals surface area contributed by atoms with Crippen LogP contribution < -0.4 is 14.2 Å². The Morgan fingerprint density at radius 1 is 1.00 bits per heavy atom. The van der Waals surface area contributed by atoms with E-state index in [1.54, 1.807) is 13.8 Å². The molecule has 0 saturated carbocycles. The molecule has 190 valence electrons. The summed E-state index contributed by atoms with van der Waals surface area (Å²) in [7, 11) is 1.41. The van der Waals surface area contributed by atoms with Gasteiger partial charge in [-0.2, -0.15) is 0 Å². The molecule has 35 heavy (non-hydrogen) atoms. The standard InChI is InChI=1S/C26H33NO8/c1-16(2)24(35-20-10-8-7-9-11-20)18(4)34-26(30)17(3)14-21(29)23-25(33-15-32-19(5)28)22(31-6)12-13-27-23/h7-13,16-18,24H,14-15H2,1-6H3/t17-,18-,24-/m1/s1. The summed E-state index contributed by atoms with van der Waals surface area (Å²) in [5, 5.41) is 0. The second-order valence-corrected chi connectivity index (χ2v) is 8.40. The molecule has 0 radical (unpaired) electrons. The molecule has 0 amide bonds. The first-order chi connectivity index (χ1) is 16.6. The van der Waals surface area contributed by atoms with E-state index in [0.29, 0.717) is 5.75 Å². The Kier molecular flexibility index (Phi) is 10.5. The van der Waals surface area contributed by atoms with Gasteiger partial charge in [0.2, 0.25) is 6.79 Å². The first-order valence-electron chi connectivity index (χ1n) is 11.4. The predicted molar refractivity (Wildman–Crippen MR) is 127 cm³/mol. The molecule has 0 bridgehead atoms. The van der Waals surface area contributed by atoms with Crippen molar-refractivity contribution >= 4 is 17.7 Å². The van der Waals surface area contributed by atoms with Crippen LogP contribution in [0, 0.1) is 11.8 Å². The lowest BCUT2D eigenvalue weighted by atomic mass is 10.0. The van der Waals surface area contributed by atoms with Gasteiger partial charge in [0, 0.05) is 25.6 Å². The molecule has 9 nitrogen and oxygen atoms in total. The zero-order valence-corrected chi connectivity index (χ0v) is 21.0. The highest BCUT2D eigenvalue weighted by Gasteiger charge is 2.30. The normalized spacial score (nSPS) is 13.3. The van der Waals surface area contributed by atoms with Crippen molar-refractivity contribution < 1.29 is 38.1 Å². The molecular weight excluding hydrogens is 454 g/mol. The summed E-state index contributed by atoms with van der Waals surface area (Å²) < 4.78 is 27.2. The number of benzene rings is 1. The first-order valence-corrected chi connectivity index (χ1v) is 11.4. The van der Waals surface area contributed by atoms with Crippen LogP contribution in [-0.2, 0) is 19.1 Å². The van der Waals surface area contributed by atoms with E-state index in [9.17, 15) is 14.4 Å². The van der Waals surface area contributed by atoms with E-state index in [1.165, 1.54) is 26.3 Å². The number of hydrogen-bond acceptors (Lipinski definition) is 9. The Morgan fingerprint density at radius 2 is 1.69 bits per heavy atom. The topological polar surface area (TPSA) is 110 Å². The van der Waals surface area contributed by atoms with Crippen molar-refractivity contribution in [3.63, 3.8) is 0 Å². The average Bonchev–Trinajstić information content (AvgIpc) is 2.82.